The van der Waals surface area contributed by atoms with Gasteiger partial charge in [0, 0.05) is 13.1 Å². The Balaban J connectivity index is 2.38. The molecule has 0 saturated carbocycles. The van der Waals surface area contributed by atoms with Crippen LogP contribution in [0, 0.1) is 0 Å². The number of hydrogen-bond acceptors (Lipinski definition) is 2. The maximum Gasteiger partial charge on any atom is 0.0603 e. The van der Waals surface area contributed by atoms with Crippen LogP contribution in [0.15, 0.2) is 25.3 Å². The first-order valence-electron chi connectivity index (χ1n) is 4.57. The molecule has 1 unspecified atom stereocenters. The van der Waals surface area contributed by atoms with Crippen LogP contribution in [0.3, 0.4) is 0 Å². The molecule has 2 nitrogen and oxygen atoms in total. The lowest BCUT2D eigenvalue weighted by molar-refractivity contribution is 0.223. The molecule has 0 spiro atoms. The molecule has 2 heteroatoms. The molecule has 1 aliphatic heterocycles. The SMILES string of the molecule is C=CCN(CC=C)C1CCCN1. The van der Waals surface area contributed by atoms with E-state index >= 15 is 0 Å². The summed E-state index contributed by atoms with van der Waals surface area (Å²) in [7, 11) is 0. The molecule has 0 aliphatic carbocycles. The fourth-order valence-electron chi connectivity index (χ4n) is 1.64. The molecule has 12 heavy (non-hydrogen) atoms. The summed E-state index contributed by atoms with van der Waals surface area (Å²) in [6.07, 6.45) is 6.98. The van der Waals surface area contributed by atoms with Crippen molar-refractivity contribution in [2.75, 3.05) is 19.6 Å². The van der Waals surface area contributed by atoms with Gasteiger partial charge in [0.2, 0.25) is 0 Å². The molecule has 1 rings (SSSR count). The number of rotatable bonds is 5. The van der Waals surface area contributed by atoms with E-state index in [0.717, 1.165) is 19.6 Å². The van der Waals surface area contributed by atoms with Crippen LogP contribution < -0.4 is 5.32 Å². The van der Waals surface area contributed by atoms with E-state index < -0.39 is 0 Å². The van der Waals surface area contributed by atoms with Crippen LogP contribution in [0.1, 0.15) is 12.8 Å². The molecule has 1 fully saturated rings. The highest BCUT2D eigenvalue weighted by Crippen LogP contribution is 2.09. The second kappa shape index (κ2) is 5.12. The molecule has 0 aromatic rings. The molecule has 1 heterocycles. The zero-order valence-corrected chi connectivity index (χ0v) is 7.63. The fourth-order valence-corrected chi connectivity index (χ4v) is 1.64. The first kappa shape index (κ1) is 9.49. The summed E-state index contributed by atoms with van der Waals surface area (Å²) >= 11 is 0. The summed E-state index contributed by atoms with van der Waals surface area (Å²) in [6.45, 7) is 10.5. The van der Waals surface area contributed by atoms with Crippen molar-refractivity contribution in [2.45, 2.75) is 19.0 Å². The van der Waals surface area contributed by atoms with Crippen molar-refractivity contribution >= 4 is 0 Å². The highest BCUT2D eigenvalue weighted by atomic mass is 15.3. The maximum atomic E-state index is 3.75. The van der Waals surface area contributed by atoms with E-state index in [1.165, 1.54) is 12.8 Å². The van der Waals surface area contributed by atoms with E-state index in [9.17, 15) is 0 Å². The highest BCUT2D eigenvalue weighted by molar-refractivity contribution is 4.85. The molecule has 0 aromatic carbocycles. The Morgan fingerprint density at radius 3 is 2.42 bits per heavy atom. The zero-order valence-electron chi connectivity index (χ0n) is 7.63. The van der Waals surface area contributed by atoms with Crippen LogP contribution in [0.5, 0.6) is 0 Å². The lowest BCUT2D eigenvalue weighted by Crippen LogP contribution is -2.41. The summed E-state index contributed by atoms with van der Waals surface area (Å²) in [5.74, 6) is 0. The molecule has 1 aliphatic rings. The first-order chi connectivity index (χ1) is 5.88. The monoisotopic (exact) mass is 166 g/mol. The second-order valence-corrected chi connectivity index (χ2v) is 3.14. The minimum absolute atomic E-state index is 0.543. The Hall–Kier alpha value is -0.600. The summed E-state index contributed by atoms with van der Waals surface area (Å²) in [5, 5.41) is 3.46. The van der Waals surface area contributed by atoms with Crippen LogP contribution in [-0.2, 0) is 0 Å². The third-order valence-corrected chi connectivity index (χ3v) is 2.20. The van der Waals surface area contributed by atoms with Crippen molar-refractivity contribution in [3.63, 3.8) is 0 Å². The van der Waals surface area contributed by atoms with Crippen LogP contribution in [-0.4, -0.2) is 30.7 Å². The fraction of sp³-hybridized carbons (Fsp3) is 0.600. The van der Waals surface area contributed by atoms with Gasteiger partial charge in [-0.25, -0.2) is 0 Å². The Morgan fingerprint density at radius 2 is 2.00 bits per heavy atom. The van der Waals surface area contributed by atoms with Gasteiger partial charge in [0.05, 0.1) is 6.17 Å². The molecule has 68 valence electrons. The van der Waals surface area contributed by atoms with Gasteiger partial charge in [-0.1, -0.05) is 12.2 Å². The van der Waals surface area contributed by atoms with E-state index in [-0.39, 0.29) is 0 Å². The maximum absolute atomic E-state index is 3.75. The van der Waals surface area contributed by atoms with Gasteiger partial charge in [0.15, 0.2) is 0 Å². The molecule has 1 atom stereocenters. The van der Waals surface area contributed by atoms with Gasteiger partial charge in [0.25, 0.3) is 0 Å². The average molecular weight is 166 g/mol. The van der Waals surface area contributed by atoms with Crippen molar-refractivity contribution in [1.82, 2.24) is 10.2 Å². The highest BCUT2D eigenvalue weighted by Gasteiger charge is 2.19. The molecule has 1 saturated heterocycles. The topological polar surface area (TPSA) is 15.3 Å². The second-order valence-electron chi connectivity index (χ2n) is 3.14. The quantitative estimate of drug-likeness (QED) is 0.621. The lowest BCUT2D eigenvalue weighted by Gasteiger charge is -2.26. The minimum atomic E-state index is 0.543. The Bertz CT molecular complexity index is 138. The van der Waals surface area contributed by atoms with E-state index in [1.807, 2.05) is 12.2 Å². The van der Waals surface area contributed by atoms with E-state index in [1.54, 1.807) is 0 Å². The Morgan fingerprint density at radius 1 is 1.33 bits per heavy atom. The van der Waals surface area contributed by atoms with Crippen molar-refractivity contribution in [1.29, 1.82) is 0 Å². The van der Waals surface area contributed by atoms with Crippen LogP contribution in [0.25, 0.3) is 0 Å². The molecule has 0 radical (unpaired) electrons. The largest absolute Gasteiger partial charge is 0.302 e. The van der Waals surface area contributed by atoms with Gasteiger partial charge < -0.3 is 5.32 Å². The predicted octanol–water partition coefficient (Wildman–Crippen LogP) is 1.37. The molecule has 1 N–H and O–H groups in total. The van der Waals surface area contributed by atoms with Gasteiger partial charge in [-0.2, -0.15) is 0 Å². The number of nitrogens with zero attached hydrogens (tertiary/aromatic N) is 1. The third kappa shape index (κ3) is 2.47. The van der Waals surface area contributed by atoms with Gasteiger partial charge >= 0.3 is 0 Å². The number of hydrogen-bond donors (Lipinski definition) is 1. The molecule has 0 amide bonds. The predicted molar refractivity (Wildman–Crippen MR) is 53.0 cm³/mol. The summed E-state index contributed by atoms with van der Waals surface area (Å²) in [4.78, 5) is 2.35. The van der Waals surface area contributed by atoms with Gasteiger partial charge in [-0.05, 0) is 19.4 Å². The normalized spacial score (nSPS) is 22.9. The van der Waals surface area contributed by atoms with Crippen LogP contribution in [0.4, 0.5) is 0 Å². The summed E-state index contributed by atoms with van der Waals surface area (Å²) < 4.78 is 0. The van der Waals surface area contributed by atoms with Gasteiger partial charge in [0.1, 0.15) is 0 Å². The van der Waals surface area contributed by atoms with Gasteiger partial charge in [-0.15, -0.1) is 13.2 Å². The molecular formula is C10H18N2. The Labute approximate surface area is 74.9 Å². The lowest BCUT2D eigenvalue weighted by atomic mass is 10.3. The summed E-state index contributed by atoms with van der Waals surface area (Å²) in [5.41, 5.74) is 0. The smallest absolute Gasteiger partial charge is 0.0603 e. The van der Waals surface area contributed by atoms with Crippen molar-refractivity contribution in [2.24, 2.45) is 0 Å². The van der Waals surface area contributed by atoms with Crippen molar-refractivity contribution < 1.29 is 0 Å². The zero-order chi connectivity index (χ0) is 8.81. The molecule has 0 aromatic heterocycles. The average Bonchev–Trinajstić information content (AvgIpc) is 2.56. The third-order valence-electron chi connectivity index (χ3n) is 2.20. The van der Waals surface area contributed by atoms with Crippen LogP contribution >= 0.6 is 0 Å². The summed E-state index contributed by atoms with van der Waals surface area (Å²) in [6, 6.07) is 0. The van der Waals surface area contributed by atoms with E-state index in [0.29, 0.717) is 6.17 Å². The van der Waals surface area contributed by atoms with Crippen molar-refractivity contribution in [3.05, 3.63) is 25.3 Å². The minimum Gasteiger partial charge on any atom is -0.302 e. The standard InChI is InChI=1S/C10H18N2/c1-3-8-12(9-4-2)10-6-5-7-11-10/h3-4,10-11H,1-2,5-9H2. The molecule has 0 bridgehead atoms. The van der Waals surface area contributed by atoms with E-state index in [2.05, 4.69) is 23.4 Å². The van der Waals surface area contributed by atoms with Gasteiger partial charge in [-0.3, -0.25) is 4.90 Å². The molecular weight excluding hydrogens is 148 g/mol. The van der Waals surface area contributed by atoms with E-state index in [4.69, 9.17) is 0 Å². The number of nitrogens with one attached hydrogen (secondary N) is 1. The Kier molecular flexibility index (Phi) is 4.05. The van der Waals surface area contributed by atoms with Crippen molar-refractivity contribution in [3.8, 4) is 0 Å². The van der Waals surface area contributed by atoms with Crippen LogP contribution in [0.2, 0.25) is 0 Å². The first-order valence-corrected chi connectivity index (χ1v) is 4.57.